The summed E-state index contributed by atoms with van der Waals surface area (Å²) in [6.07, 6.45) is 1.44. The lowest BCUT2D eigenvalue weighted by Gasteiger charge is -2.14. The van der Waals surface area contributed by atoms with E-state index in [9.17, 15) is 8.42 Å². The Bertz CT molecular complexity index is 492. The maximum absolute atomic E-state index is 12.0. The standard InChI is InChI=1S/C9H14BrN3O3S/c1-6(5-16-2)13-17(14,15)8-3-7(10)4-12-9(8)11/h3-4,6,13H,5H2,1-2H3,(H2,11,12). The summed E-state index contributed by atoms with van der Waals surface area (Å²) in [5, 5.41) is 0. The first kappa shape index (κ1) is 14.4. The number of nitrogens with zero attached hydrogens (tertiary/aromatic N) is 1. The molecule has 8 heteroatoms. The van der Waals surface area contributed by atoms with Crippen LogP contribution in [0.15, 0.2) is 21.6 Å². The van der Waals surface area contributed by atoms with Crippen LogP contribution in [0.5, 0.6) is 0 Å². The van der Waals surface area contributed by atoms with Gasteiger partial charge in [0.25, 0.3) is 0 Å². The lowest BCUT2D eigenvalue weighted by atomic mass is 10.4. The maximum atomic E-state index is 12.0. The molecule has 96 valence electrons. The summed E-state index contributed by atoms with van der Waals surface area (Å²) >= 11 is 3.15. The molecule has 0 aliphatic rings. The largest absolute Gasteiger partial charge is 0.383 e. The molecule has 0 spiro atoms. The fourth-order valence-corrected chi connectivity index (χ4v) is 3.08. The minimum Gasteiger partial charge on any atom is -0.383 e. The van der Waals surface area contributed by atoms with E-state index in [2.05, 4.69) is 25.6 Å². The zero-order chi connectivity index (χ0) is 13.1. The number of hydrogen-bond donors (Lipinski definition) is 2. The lowest BCUT2D eigenvalue weighted by Crippen LogP contribution is -2.36. The maximum Gasteiger partial charge on any atom is 0.244 e. The topological polar surface area (TPSA) is 94.3 Å². The van der Waals surface area contributed by atoms with Crippen molar-refractivity contribution >= 4 is 31.8 Å². The van der Waals surface area contributed by atoms with Crippen LogP contribution in [0.2, 0.25) is 0 Å². The number of halogens is 1. The van der Waals surface area contributed by atoms with Crippen LogP contribution in [0.3, 0.4) is 0 Å². The molecule has 0 aromatic carbocycles. The molecule has 1 aromatic rings. The molecule has 17 heavy (non-hydrogen) atoms. The van der Waals surface area contributed by atoms with Crippen molar-refractivity contribution in [1.29, 1.82) is 0 Å². The van der Waals surface area contributed by atoms with Gasteiger partial charge in [0.05, 0.1) is 6.61 Å². The Morgan fingerprint density at radius 3 is 2.88 bits per heavy atom. The molecule has 0 saturated heterocycles. The Labute approximate surface area is 109 Å². The quantitative estimate of drug-likeness (QED) is 0.833. The molecule has 1 atom stereocenters. The third-order valence-corrected chi connectivity index (χ3v) is 3.96. The number of nitrogen functional groups attached to an aromatic ring is 1. The van der Waals surface area contributed by atoms with Crippen molar-refractivity contribution in [3.05, 3.63) is 16.7 Å². The molecule has 1 unspecified atom stereocenters. The monoisotopic (exact) mass is 323 g/mol. The first-order valence-electron chi connectivity index (χ1n) is 4.79. The average Bonchev–Trinajstić information content (AvgIpc) is 2.21. The normalized spacial score (nSPS) is 13.6. The Morgan fingerprint density at radius 2 is 2.29 bits per heavy atom. The molecule has 3 N–H and O–H groups in total. The first-order chi connectivity index (χ1) is 7.86. The molecule has 0 bridgehead atoms. The number of hydrogen-bond acceptors (Lipinski definition) is 5. The van der Waals surface area contributed by atoms with Crippen LogP contribution in [0.1, 0.15) is 6.92 Å². The highest BCUT2D eigenvalue weighted by atomic mass is 79.9. The van der Waals surface area contributed by atoms with Gasteiger partial charge in [-0.3, -0.25) is 0 Å². The van der Waals surface area contributed by atoms with Crippen molar-refractivity contribution in [3.8, 4) is 0 Å². The number of pyridine rings is 1. The van der Waals surface area contributed by atoms with Crippen molar-refractivity contribution in [2.24, 2.45) is 0 Å². The summed E-state index contributed by atoms with van der Waals surface area (Å²) < 4.78 is 31.8. The van der Waals surface area contributed by atoms with E-state index in [4.69, 9.17) is 10.5 Å². The van der Waals surface area contributed by atoms with Gasteiger partial charge in [-0.2, -0.15) is 0 Å². The number of nitrogens with one attached hydrogen (secondary N) is 1. The van der Waals surface area contributed by atoms with Crippen molar-refractivity contribution in [3.63, 3.8) is 0 Å². The highest BCUT2D eigenvalue weighted by molar-refractivity contribution is 9.10. The van der Waals surface area contributed by atoms with Gasteiger partial charge in [-0.05, 0) is 28.9 Å². The van der Waals surface area contributed by atoms with Crippen LogP contribution >= 0.6 is 15.9 Å². The lowest BCUT2D eigenvalue weighted by molar-refractivity contribution is 0.180. The molecule has 6 nitrogen and oxygen atoms in total. The van der Waals surface area contributed by atoms with Crippen molar-refractivity contribution in [2.75, 3.05) is 19.5 Å². The van der Waals surface area contributed by atoms with E-state index in [0.29, 0.717) is 4.47 Å². The van der Waals surface area contributed by atoms with Gasteiger partial charge in [-0.25, -0.2) is 18.1 Å². The summed E-state index contributed by atoms with van der Waals surface area (Å²) in [5.74, 6) is -0.0367. The third kappa shape index (κ3) is 3.91. The van der Waals surface area contributed by atoms with Crippen molar-refractivity contribution in [1.82, 2.24) is 9.71 Å². The van der Waals surface area contributed by atoms with Gasteiger partial charge in [0, 0.05) is 23.8 Å². The van der Waals surface area contributed by atoms with Gasteiger partial charge in [-0.1, -0.05) is 0 Å². The zero-order valence-electron chi connectivity index (χ0n) is 9.47. The smallest absolute Gasteiger partial charge is 0.244 e. The summed E-state index contributed by atoms with van der Waals surface area (Å²) in [5.41, 5.74) is 5.54. The second-order valence-corrected chi connectivity index (χ2v) is 6.11. The molecule has 0 fully saturated rings. The number of ether oxygens (including phenoxy) is 1. The number of sulfonamides is 1. The predicted octanol–water partition coefficient (Wildman–Crippen LogP) is 0.740. The number of rotatable bonds is 5. The second kappa shape index (κ2) is 5.76. The van der Waals surface area contributed by atoms with Gasteiger partial charge in [0.15, 0.2) is 0 Å². The van der Waals surface area contributed by atoms with E-state index in [-0.39, 0.29) is 23.4 Å². The molecule has 1 aromatic heterocycles. The van der Waals surface area contributed by atoms with E-state index >= 15 is 0 Å². The highest BCUT2D eigenvalue weighted by Crippen LogP contribution is 2.20. The Hall–Kier alpha value is -0.700. The van der Waals surface area contributed by atoms with Crippen LogP contribution in [-0.2, 0) is 14.8 Å². The zero-order valence-corrected chi connectivity index (χ0v) is 11.9. The number of anilines is 1. The van der Waals surface area contributed by atoms with Crippen molar-refractivity contribution < 1.29 is 13.2 Å². The molecule has 1 heterocycles. The molecule has 0 amide bonds. The molecule has 0 aliphatic carbocycles. The molecule has 0 radical (unpaired) electrons. The van der Waals surface area contributed by atoms with Gasteiger partial charge in [0.1, 0.15) is 10.7 Å². The Morgan fingerprint density at radius 1 is 1.65 bits per heavy atom. The summed E-state index contributed by atoms with van der Waals surface area (Å²) in [4.78, 5) is 3.73. The third-order valence-electron chi connectivity index (χ3n) is 1.91. The Balaban J connectivity index is 3.01. The number of methoxy groups -OCH3 is 1. The fourth-order valence-electron chi connectivity index (χ4n) is 1.26. The minimum absolute atomic E-state index is 0.0367. The number of aromatic nitrogens is 1. The van der Waals surface area contributed by atoms with E-state index in [1.54, 1.807) is 6.92 Å². The van der Waals surface area contributed by atoms with E-state index in [0.717, 1.165) is 0 Å². The molecule has 0 saturated carbocycles. The van der Waals surface area contributed by atoms with E-state index in [1.807, 2.05) is 0 Å². The molecular weight excluding hydrogens is 310 g/mol. The molecule has 1 rings (SSSR count). The van der Waals surface area contributed by atoms with Crippen LogP contribution < -0.4 is 10.5 Å². The SMILES string of the molecule is COCC(C)NS(=O)(=O)c1cc(Br)cnc1N. The average molecular weight is 324 g/mol. The minimum atomic E-state index is -3.68. The van der Waals surface area contributed by atoms with E-state index < -0.39 is 10.0 Å². The molecular formula is C9H14BrN3O3S. The van der Waals surface area contributed by atoms with Crippen LogP contribution in [-0.4, -0.2) is 33.2 Å². The van der Waals surface area contributed by atoms with Gasteiger partial charge >= 0.3 is 0 Å². The highest BCUT2D eigenvalue weighted by Gasteiger charge is 2.21. The summed E-state index contributed by atoms with van der Waals surface area (Å²) in [6.45, 7) is 1.98. The van der Waals surface area contributed by atoms with Gasteiger partial charge < -0.3 is 10.5 Å². The Kier molecular flexibility index (Phi) is 4.87. The summed E-state index contributed by atoms with van der Waals surface area (Å²) in [6, 6.07) is 1.06. The first-order valence-corrected chi connectivity index (χ1v) is 7.06. The van der Waals surface area contributed by atoms with Crippen LogP contribution in [0.4, 0.5) is 5.82 Å². The number of nitrogens with two attached hydrogens (primary N) is 1. The fraction of sp³-hybridized carbons (Fsp3) is 0.444. The van der Waals surface area contributed by atoms with Crippen molar-refractivity contribution in [2.45, 2.75) is 17.9 Å². The second-order valence-electron chi connectivity index (χ2n) is 3.51. The van der Waals surface area contributed by atoms with Crippen LogP contribution in [0.25, 0.3) is 0 Å². The predicted molar refractivity (Wildman–Crippen MR) is 68.0 cm³/mol. The van der Waals surface area contributed by atoms with Gasteiger partial charge in [0.2, 0.25) is 10.0 Å². The van der Waals surface area contributed by atoms with Crippen LogP contribution in [0, 0.1) is 0 Å². The molecule has 0 aliphatic heterocycles. The van der Waals surface area contributed by atoms with E-state index in [1.165, 1.54) is 19.4 Å². The van der Waals surface area contributed by atoms with Gasteiger partial charge in [-0.15, -0.1) is 0 Å². The summed E-state index contributed by atoms with van der Waals surface area (Å²) in [7, 11) is -2.18.